The highest BCUT2D eigenvalue weighted by Gasteiger charge is 2.13. The molecule has 0 atom stereocenters. The molecule has 0 saturated carbocycles. The summed E-state index contributed by atoms with van der Waals surface area (Å²) < 4.78 is 18.7. The van der Waals surface area contributed by atoms with Gasteiger partial charge in [-0.15, -0.1) is 0 Å². The van der Waals surface area contributed by atoms with E-state index in [2.05, 4.69) is 41.6 Å². The Morgan fingerprint density at radius 3 is 2.65 bits per heavy atom. The van der Waals surface area contributed by atoms with Gasteiger partial charge >= 0.3 is 0 Å². The third-order valence-corrected chi connectivity index (χ3v) is 5.23. The van der Waals surface area contributed by atoms with Gasteiger partial charge in [-0.05, 0) is 40.2 Å². The number of anilines is 3. The molecule has 0 aliphatic heterocycles. The zero-order chi connectivity index (χ0) is 21.8. The van der Waals surface area contributed by atoms with Crippen molar-refractivity contribution in [3.63, 3.8) is 0 Å². The Kier molecular flexibility index (Phi) is 6.08. The molecule has 10 heteroatoms. The Hall–Kier alpha value is -3.53. The molecule has 4 aromatic rings. The smallest absolute Gasteiger partial charge is 0.233 e. The first-order chi connectivity index (χ1) is 15.1. The second kappa shape index (κ2) is 9.09. The van der Waals surface area contributed by atoms with Crippen LogP contribution in [0.2, 0.25) is 0 Å². The van der Waals surface area contributed by atoms with E-state index in [1.54, 1.807) is 32.0 Å². The van der Waals surface area contributed by atoms with E-state index < -0.39 is 0 Å². The Morgan fingerprint density at radius 2 is 1.87 bits per heavy atom. The highest BCUT2D eigenvalue weighted by atomic mass is 79.9. The summed E-state index contributed by atoms with van der Waals surface area (Å²) in [5, 5.41) is 10.9. The largest absolute Gasteiger partial charge is 0.497 e. The zero-order valence-electron chi connectivity index (χ0n) is 17.2. The van der Waals surface area contributed by atoms with Crippen molar-refractivity contribution in [3.8, 4) is 17.2 Å². The summed E-state index contributed by atoms with van der Waals surface area (Å²) >= 11 is 3.50. The molecule has 0 fully saturated rings. The summed E-state index contributed by atoms with van der Waals surface area (Å²) in [4.78, 5) is 9.14. The predicted octanol–water partition coefficient (Wildman–Crippen LogP) is 4.27. The number of nitrogens with zero attached hydrogens (tertiary/aromatic N) is 4. The van der Waals surface area contributed by atoms with E-state index in [-0.39, 0.29) is 0 Å². The quantitative estimate of drug-likeness (QED) is 0.382. The van der Waals surface area contributed by atoms with Crippen LogP contribution < -0.4 is 24.8 Å². The Morgan fingerprint density at radius 1 is 1.00 bits per heavy atom. The molecule has 0 aliphatic carbocycles. The number of hydrogen-bond acceptors (Lipinski definition) is 8. The standard InChI is InChI=1S/C21H21BrN6O3/c1-29-14-8-7-13(17(11-14)30-2)12-23-20-26-18-9-10-24-28(18)21(27-20)25-16-6-4-5-15(22)19(16)31-3/h4-11H,12H2,1-3H3,(H2,23,25,26,27). The van der Waals surface area contributed by atoms with E-state index in [0.29, 0.717) is 29.8 Å². The van der Waals surface area contributed by atoms with Crippen molar-refractivity contribution in [1.82, 2.24) is 19.6 Å². The lowest BCUT2D eigenvalue weighted by atomic mass is 10.2. The van der Waals surface area contributed by atoms with Crippen molar-refractivity contribution in [3.05, 3.63) is 58.7 Å². The molecule has 0 aliphatic rings. The van der Waals surface area contributed by atoms with Crippen molar-refractivity contribution in [1.29, 1.82) is 0 Å². The number of hydrogen-bond donors (Lipinski definition) is 2. The van der Waals surface area contributed by atoms with Crippen molar-refractivity contribution >= 4 is 39.2 Å². The second-order valence-corrected chi connectivity index (χ2v) is 7.30. The van der Waals surface area contributed by atoms with E-state index in [1.807, 2.05) is 42.5 Å². The van der Waals surface area contributed by atoms with E-state index in [1.165, 1.54) is 0 Å². The van der Waals surface area contributed by atoms with Gasteiger partial charge in [0.2, 0.25) is 11.9 Å². The van der Waals surface area contributed by atoms with Gasteiger partial charge in [-0.3, -0.25) is 0 Å². The van der Waals surface area contributed by atoms with E-state index in [0.717, 1.165) is 27.2 Å². The summed E-state index contributed by atoms with van der Waals surface area (Å²) in [7, 11) is 4.86. The Balaban J connectivity index is 1.63. The number of methoxy groups -OCH3 is 3. The lowest BCUT2D eigenvalue weighted by Gasteiger charge is -2.14. The van der Waals surface area contributed by atoms with Crippen LogP contribution in [0.4, 0.5) is 17.6 Å². The molecule has 0 spiro atoms. The van der Waals surface area contributed by atoms with Crippen LogP contribution >= 0.6 is 15.9 Å². The average Bonchev–Trinajstić information content (AvgIpc) is 3.27. The first kappa shape index (κ1) is 20.7. The van der Waals surface area contributed by atoms with Crippen LogP contribution in [0, 0.1) is 0 Å². The SMILES string of the molecule is COc1ccc(CNc2nc(Nc3cccc(Br)c3OC)n3nccc3n2)c(OC)c1. The highest BCUT2D eigenvalue weighted by molar-refractivity contribution is 9.10. The second-order valence-electron chi connectivity index (χ2n) is 6.45. The van der Waals surface area contributed by atoms with Gasteiger partial charge in [0.25, 0.3) is 0 Å². The Labute approximate surface area is 187 Å². The minimum absolute atomic E-state index is 0.447. The first-order valence-corrected chi connectivity index (χ1v) is 10.2. The van der Waals surface area contributed by atoms with Crippen LogP contribution in [0.15, 0.2) is 53.1 Å². The van der Waals surface area contributed by atoms with E-state index >= 15 is 0 Å². The fourth-order valence-corrected chi connectivity index (χ4v) is 3.62. The van der Waals surface area contributed by atoms with Crippen molar-refractivity contribution in [2.45, 2.75) is 6.54 Å². The monoisotopic (exact) mass is 484 g/mol. The number of ether oxygens (including phenoxy) is 3. The Bertz CT molecular complexity index is 1210. The van der Waals surface area contributed by atoms with Crippen molar-refractivity contribution < 1.29 is 14.2 Å². The molecule has 2 aromatic carbocycles. The molecule has 31 heavy (non-hydrogen) atoms. The molecule has 2 heterocycles. The van der Waals surface area contributed by atoms with Gasteiger partial charge in [-0.1, -0.05) is 6.07 Å². The zero-order valence-corrected chi connectivity index (χ0v) is 18.8. The van der Waals surface area contributed by atoms with E-state index in [9.17, 15) is 0 Å². The molecule has 0 radical (unpaired) electrons. The number of para-hydroxylation sites is 1. The number of halogens is 1. The lowest BCUT2D eigenvalue weighted by molar-refractivity contribution is 0.391. The van der Waals surface area contributed by atoms with Gasteiger partial charge in [-0.2, -0.15) is 19.6 Å². The van der Waals surface area contributed by atoms with E-state index in [4.69, 9.17) is 14.2 Å². The van der Waals surface area contributed by atoms with Gasteiger partial charge in [0.05, 0.1) is 37.7 Å². The van der Waals surface area contributed by atoms with Crippen LogP contribution in [0.1, 0.15) is 5.56 Å². The molecule has 0 amide bonds. The molecule has 0 saturated heterocycles. The normalized spacial score (nSPS) is 10.7. The fraction of sp³-hybridized carbons (Fsp3) is 0.190. The molecular formula is C21H21BrN6O3. The minimum Gasteiger partial charge on any atom is -0.497 e. The third kappa shape index (κ3) is 4.33. The highest BCUT2D eigenvalue weighted by Crippen LogP contribution is 2.34. The molecule has 4 rings (SSSR count). The molecule has 9 nitrogen and oxygen atoms in total. The van der Waals surface area contributed by atoms with Gasteiger partial charge in [0, 0.05) is 24.2 Å². The third-order valence-electron chi connectivity index (χ3n) is 4.60. The van der Waals surface area contributed by atoms with Crippen LogP contribution in [-0.2, 0) is 6.54 Å². The van der Waals surface area contributed by atoms with Crippen LogP contribution in [0.25, 0.3) is 5.65 Å². The van der Waals surface area contributed by atoms with Gasteiger partial charge in [-0.25, -0.2) is 0 Å². The summed E-state index contributed by atoms with van der Waals surface area (Å²) in [6.45, 7) is 0.469. The molecule has 0 unspecified atom stereocenters. The lowest BCUT2D eigenvalue weighted by Crippen LogP contribution is -2.10. The van der Waals surface area contributed by atoms with Gasteiger partial charge in [0.1, 0.15) is 11.5 Å². The van der Waals surface area contributed by atoms with Crippen molar-refractivity contribution in [2.24, 2.45) is 0 Å². The predicted molar refractivity (Wildman–Crippen MR) is 122 cm³/mol. The van der Waals surface area contributed by atoms with Crippen LogP contribution in [0.3, 0.4) is 0 Å². The molecule has 2 N–H and O–H groups in total. The number of fused-ring (bicyclic) bond motifs is 1. The van der Waals surface area contributed by atoms with Crippen molar-refractivity contribution in [2.75, 3.05) is 32.0 Å². The molecular weight excluding hydrogens is 464 g/mol. The number of rotatable bonds is 8. The number of aromatic nitrogens is 4. The maximum absolute atomic E-state index is 5.50. The van der Waals surface area contributed by atoms with Gasteiger partial charge in [0.15, 0.2) is 11.4 Å². The first-order valence-electron chi connectivity index (χ1n) is 9.39. The van der Waals surface area contributed by atoms with Crippen LogP contribution in [0.5, 0.6) is 17.2 Å². The molecule has 2 aromatic heterocycles. The van der Waals surface area contributed by atoms with Gasteiger partial charge < -0.3 is 24.8 Å². The summed E-state index contributed by atoms with van der Waals surface area (Å²) in [5.41, 5.74) is 2.34. The summed E-state index contributed by atoms with van der Waals surface area (Å²) in [5.74, 6) is 3.05. The number of benzene rings is 2. The maximum Gasteiger partial charge on any atom is 0.233 e. The summed E-state index contributed by atoms with van der Waals surface area (Å²) in [6.07, 6.45) is 1.67. The minimum atomic E-state index is 0.447. The maximum atomic E-state index is 5.50. The summed E-state index contributed by atoms with van der Waals surface area (Å²) in [6, 6.07) is 13.2. The average molecular weight is 485 g/mol. The van der Waals surface area contributed by atoms with Crippen LogP contribution in [-0.4, -0.2) is 40.9 Å². The topological polar surface area (TPSA) is 94.8 Å². The molecule has 0 bridgehead atoms. The molecule has 160 valence electrons. The fourth-order valence-electron chi connectivity index (χ4n) is 3.09. The number of nitrogens with one attached hydrogen (secondary N) is 2.